The van der Waals surface area contributed by atoms with Gasteiger partial charge >= 0.3 is 0 Å². The summed E-state index contributed by atoms with van der Waals surface area (Å²) < 4.78 is 0. The monoisotopic (exact) mass is 302 g/mol. The van der Waals surface area contributed by atoms with Gasteiger partial charge in [-0.3, -0.25) is 4.79 Å². The molecule has 0 spiro atoms. The Bertz CT molecular complexity index is 601. The van der Waals surface area contributed by atoms with Crippen LogP contribution in [0.1, 0.15) is 24.1 Å². The Hall–Kier alpha value is -1.84. The Kier molecular flexibility index (Phi) is 5.37. The Morgan fingerprint density at radius 1 is 1.19 bits per heavy atom. The summed E-state index contributed by atoms with van der Waals surface area (Å²) >= 11 is 5.96. The number of benzene rings is 2. The van der Waals surface area contributed by atoms with E-state index in [0.717, 1.165) is 11.1 Å². The van der Waals surface area contributed by atoms with Gasteiger partial charge in [-0.05, 0) is 36.6 Å². The van der Waals surface area contributed by atoms with Gasteiger partial charge in [0, 0.05) is 5.02 Å². The zero-order valence-electron chi connectivity index (χ0n) is 11.9. The van der Waals surface area contributed by atoms with Gasteiger partial charge in [-0.15, -0.1) is 0 Å². The van der Waals surface area contributed by atoms with E-state index < -0.39 is 6.04 Å². The minimum atomic E-state index is -0.561. The number of hydrogen-bond donors (Lipinski definition) is 2. The van der Waals surface area contributed by atoms with Crippen LogP contribution in [0.25, 0.3) is 0 Å². The van der Waals surface area contributed by atoms with Gasteiger partial charge < -0.3 is 11.1 Å². The van der Waals surface area contributed by atoms with Gasteiger partial charge in [0.2, 0.25) is 5.91 Å². The van der Waals surface area contributed by atoms with E-state index in [1.54, 1.807) is 6.07 Å². The molecule has 2 aromatic carbocycles. The van der Waals surface area contributed by atoms with E-state index in [2.05, 4.69) is 5.32 Å². The van der Waals surface area contributed by atoms with Gasteiger partial charge in [-0.25, -0.2) is 0 Å². The van der Waals surface area contributed by atoms with Gasteiger partial charge in [0.25, 0.3) is 0 Å². The summed E-state index contributed by atoms with van der Waals surface area (Å²) in [6, 6.07) is 16.5. The summed E-state index contributed by atoms with van der Waals surface area (Å²) in [5, 5.41) is 3.58. The van der Waals surface area contributed by atoms with Crippen molar-refractivity contribution in [3.8, 4) is 0 Å². The number of amides is 1. The standard InChI is InChI=1S/C17H19ClN2O/c1-12(14-8-5-9-15(18)11-14)20-17(21)16(19)10-13-6-3-2-4-7-13/h2-9,11-12,16H,10,19H2,1H3,(H,20,21)/t12?,16-/m1/s1. The summed E-state index contributed by atoms with van der Waals surface area (Å²) in [4.78, 5) is 12.1. The third-order valence-electron chi connectivity index (χ3n) is 3.34. The van der Waals surface area contributed by atoms with Crippen molar-refractivity contribution < 1.29 is 4.79 Å². The maximum absolute atomic E-state index is 12.1. The summed E-state index contributed by atoms with van der Waals surface area (Å²) in [6.45, 7) is 1.92. The molecule has 0 heterocycles. The van der Waals surface area contributed by atoms with Crippen molar-refractivity contribution in [3.05, 3.63) is 70.7 Å². The molecule has 0 bridgehead atoms. The molecule has 0 aromatic heterocycles. The second-order valence-electron chi connectivity index (χ2n) is 5.08. The topological polar surface area (TPSA) is 55.1 Å². The first-order valence-electron chi connectivity index (χ1n) is 6.91. The molecular weight excluding hydrogens is 284 g/mol. The largest absolute Gasteiger partial charge is 0.348 e. The molecule has 0 aliphatic carbocycles. The van der Waals surface area contributed by atoms with Crippen LogP contribution in [0.4, 0.5) is 0 Å². The van der Waals surface area contributed by atoms with Crippen LogP contribution in [0.5, 0.6) is 0 Å². The van der Waals surface area contributed by atoms with Crippen LogP contribution in [0.3, 0.4) is 0 Å². The number of halogens is 1. The molecule has 3 nitrogen and oxygen atoms in total. The maximum Gasteiger partial charge on any atom is 0.237 e. The van der Waals surface area contributed by atoms with Crippen LogP contribution in [0.15, 0.2) is 54.6 Å². The number of hydrogen-bond acceptors (Lipinski definition) is 2. The Morgan fingerprint density at radius 3 is 2.57 bits per heavy atom. The summed E-state index contributed by atoms with van der Waals surface area (Å²) in [7, 11) is 0. The van der Waals surface area contributed by atoms with Crippen LogP contribution >= 0.6 is 11.6 Å². The van der Waals surface area contributed by atoms with Crippen molar-refractivity contribution in [2.75, 3.05) is 0 Å². The van der Waals surface area contributed by atoms with Gasteiger partial charge in [0.05, 0.1) is 12.1 Å². The fourth-order valence-corrected chi connectivity index (χ4v) is 2.34. The number of rotatable bonds is 5. The normalized spacial score (nSPS) is 13.5. The highest BCUT2D eigenvalue weighted by Crippen LogP contribution is 2.17. The lowest BCUT2D eigenvalue weighted by Crippen LogP contribution is -2.42. The second kappa shape index (κ2) is 7.25. The van der Waals surface area contributed by atoms with Crippen molar-refractivity contribution in [1.29, 1.82) is 0 Å². The first-order chi connectivity index (χ1) is 10.1. The molecule has 0 saturated carbocycles. The van der Waals surface area contributed by atoms with Crippen LogP contribution in [0.2, 0.25) is 5.02 Å². The van der Waals surface area contributed by atoms with E-state index in [-0.39, 0.29) is 11.9 Å². The van der Waals surface area contributed by atoms with Gasteiger partial charge in [0.1, 0.15) is 0 Å². The smallest absolute Gasteiger partial charge is 0.237 e. The predicted molar refractivity (Wildman–Crippen MR) is 86.1 cm³/mol. The number of carbonyl (C=O) groups is 1. The molecule has 4 heteroatoms. The van der Waals surface area contributed by atoms with Crippen LogP contribution in [-0.4, -0.2) is 11.9 Å². The minimum Gasteiger partial charge on any atom is -0.348 e. The highest BCUT2D eigenvalue weighted by molar-refractivity contribution is 6.30. The third-order valence-corrected chi connectivity index (χ3v) is 3.58. The first-order valence-corrected chi connectivity index (χ1v) is 7.29. The molecule has 1 amide bonds. The van der Waals surface area contributed by atoms with Crippen LogP contribution in [0, 0.1) is 0 Å². The summed E-state index contributed by atoms with van der Waals surface area (Å²) in [5.74, 6) is -0.161. The second-order valence-corrected chi connectivity index (χ2v) is 5.52. The van der Waals surface area contributed by atoms with Crippen molar-refractivity contribution in [1.82, 2.24) is 5.32 Å². The molecule has 3 N–H and O–H groups in total. The lowest BCUT2D eigenvalue weighted by Gasteiger charge is -2.18. The van der Waals surface area contributed by atoms with E-state index in [1.807, 2.05) is 55.5 Å². The Labute approximate surface area is 130 Å². The third kappa shape index (κ3) is 4.59. The average molecular weight is 303 g/mol. The zero-order valence-corrected chi connectivity index (χ0v) is 12.7. The summed E-state index contributed by atoms with van der Waals surface area (Å²) in [6.07, 6.45) is 0.523. The molecule has 0 saturated heterocycles. The molecule has 2 aromatic rings. The molecule has 2 atom stereocenters. The molecule has 0 aliphatic heterocycles. The molecule has 21 heavy (non-hydrogen) atoms. The van der Waals surface area contributed by atoms with Crippen molar-refractivity contribution in [2.24, 2.45) is 5.73 Å². The Morgan fingerprint density at radius 2 is 1.90 bits per heavy atom. The number of carbonyl (C=O) groups excluding carboxylic acids is 1. The maximum atomic E-state index is 12.1. The summed E-state index contributed by atoms with van der Waals surface area (Å²) in [5.41, 5.74) is 7.98. The van der Waals surface area contributed by atoms with Crippen molar-refractivity contribution >= 4 is 17.5 Å². The quantitative estimate of drug-likeness (QED) is 0.892. The van der Waals surface area contributed by atoms with Gasteiger partial charge in [0.15, 0.2) is 0 Å². The highest BCUT2D eigenvalue weighted by atomic mass is 35.5. The Balaban J connectivity index is 1.94. The van der Waals surface area contributed by atoms with E-state index >= 15 is 0 Å². The number of nitrogens with two attached hydrogens (primary N) is 1. The molecule has 0 fully saturated rings. The average Bonchev–Trinajstić information content (AvgIpc) is 2.48. The van der Waals surface area contributed by atoms with Crippen LogP contribution in [-0.2, 0) is 11.2 Å². The predicted octanol–water partition coefficient (Wildman–Crippen LogP) is 3.09. The van der Waals surface area contributed by atoms with Crippen LogP contribution < -0.4 is 11.1 Å². The SMILES string of the molecule is CC(NC(=O)[C@H](N)Cc1ccccc1)c1cccc(Cl)c1. The van der Waals surface area contributed by atoms with Gasteiger partial charge in [-0.2, -0.15) is 0 Å². The lowest BCUT2D eigenvalue weighted by atomic mass is 10.0. The van der Waals surface area contributed by atoms with Gasteiger partial charge in [-0.1, -0.05) is 54.1 Å². The molecule has 1 unspecified atom stereocenters. The molecule has 0 radical (unpaired) electrons. The first kappa shape index (κ1) is 15.5. The fourth-order valence-electron chi connectivity index (χ4n) is 2.14. The van der Waals surface area contributed by atoms with E-state index in [1.165, 1.54) is 0 Å². The van der Waals surface area contributed by atoms with E-state index in [9.17, 15) is 4.79 Å². The van der Waals surface area contributed by atoms with E-state index in [0.29, 0.717) is 11.4 Å². The van der Waals surface area contributed by atoms with Crippen molar-refractivity contribution in [2.45, 2.75) is 25.4 Å². The lowest BCUT2D eigenvalue weighted by molar-refractivity contribution is -0.123. The molecule has 2 rings (SSSR count). The minimum absolute atomic E-state index is 0.127. The number of nitrogens with one attached hydrogen (secondary N) is 1. The molecule has 0 aliphatic rings. The highest BCUT2D eigenvalue weighted by Gasteiger charge is 2.17. The zero-order chi connectivity index (χ0) is 15.2. The molecule has 110 valence electrons. The van der Waals surface area contributed by atoms with E-state index in [4.69, 9.17) is 17.3 Å². The fraction of sp³-hybridized carbons (Fsp3) is 0.235. The van der Waals surface area contributed by atoms with Crippen molar-refractivity contribution in [3.63, 3.8) is 0 Å². The molecular formula is C17H19ClN2O.